The predicted molar refractivity (Wildman–Crippen MR) is 82.8 cm³/mol. The molecular formula is C16H11ClN2O2. The SMILES string of the molecule is Cc1ccc(/C=C(/C#N)c2ccc(Cl)cc2)cc1[N+](=O)[O-]. The minimum Gasteiger partial charge on any atom is -0.258 e. The van der Waals surface area contributed by atoms with Gasteiger partial charge in [-0.2, -0.15) is 5.26 Å². The summed E-state index contributed by atoms with van der Waals surface area (Å²) in [6.45, 7) is 1.68. The van der Waals surface area contributed by atoms with Crippen LogP contribution in [0.15, 0.2) is 42.5 Å². The Bertz CT molecular complexity index is 759. The summed E-state index contributed by atoms with van der Waals surface area (Å²) < 4.78 is 0. The molecule has 0 heterocycles. The number of halogens is 1. The van der Waals surface area contributed by atoms with E-state index in [0.29, 0.717) is 27.3 Å². The van der Waals surface area contributed by atoms with E-state index in [2.05, 4.69) is 6.07 Å². The molecule has 2 aromatic rings. The third-order valence-electron chi connectivity index (χ3n) is 3.02. The molecule has 0 unspecified atom stereocenters. The quantitative estimate of drug-likeness (QED) is 0.359. The zero-order valence-electron chi connectivity index (χ0n) is 11.2. The third kappa shape index (κ3) is 3.47. The van der Waals surface area contributed by atoms with Crippen LogP contribution in [0.3, 0.4) is 0 Å². The van der Waals surface area contributed by atoms with Gasteiger partial charge in [0, 0.05) is 16.7 Å². The van der Waals surface area contributed by atoms with Gasteiger partial charge >= 0.3 is 0 Å². The second-order valence-electron chi connectivity index (χ2n) is 4.48. The number of allylic oxidation sites excluding steroid dienone is 1. The molecule has 0 amide bonds. The van der Waals surface area contributed by atoms with Gasteiger partial charge in [0.1, 0.15) is 0 Å². The molecule has 0 atom stereocenters. The van der Waals surface area contributed by atoms with Crippen molar-refractivity contribution in [3.8, 4) is 6.07 Å². The highest BCUT2D eigenvalue weighted by Crippen LogP contribution is 2.24. The molecule has 0 radical (unpaired) electrons. The van der Waals surface area contributed by atoms with Crippen molar-refractivity contribution in [2.45, 2.75) is 6.92 Å². The van der Waals surface area contributed by atoms with E-state index >= 15 is 0 Å². The number of benzene rings is 2. The number of nitrogens with zero attached hydrogens (tertiary/aromatic N) is 2. The molecule has 2 aromatic carbocycles. The van der Waals surface area contributed by atoms with Crippen LogP contribution in [0.4, 0.5) is 5.69 Å². The van der Waals surface area contributed by atoms with Gasteiger partial charge in [-0.15, -0.1) is 0 Å². The molecule has 2 rings (SSSR count). The Morgan fingerprint density at radius 3 is 2.52 bits per heavy atom. The zero-order chi connectivity index (χ0) is 15.4. The Labute approximate surface area is 127 Å². The summed E-state index contributed by atoms with van der Waals surface area (Å²) in [5.41, 5.74) is 2.37. The third-order valence-corrected chi connectivity index (χ3v) is 3.27. The molecule has 5 heteroatoms. The van der Waals surface area contributed by atoms with E-state index in [0.717, 1.165) is 0 Å². The molecule has 0 fully saturated rings. The number of rotatable bonds is 3. The fraction of sp³-hybridized carbons (Fsp3) is 0.0625. The summed E-state index contributed by atoms with van der Waals surface area (Å²) >= 11 is 5.82. The van der Waals surface area contributed by atoms with Gasteiger partial charge in [0.2, 0.25) is 0 Å². The summed E-state index contributed by atoms with van der Waals surface area (Å²) in [6, 6.07) is 13.8. The van der Waals surface area contributed by atoms with Crippen molar-refractivity contribution in [2.24, 2.45) is 0 Å². The first-order chi connectivity index (χ1) is 10.0. The van der Waals surface area contributed by atoms with Crippen molar-refractivity contribution in [1.29, 1.82) is 5.26 Å². The lowest BCUT2D eigenvalue weighted by Crippen LogP contribution is -1.92. The van der Waals surface area contributed by atoms with Crippen molar-refractivity contribution < 1.29 is 4.92 Å². The molecular weight excluding hydrogens is 288 g/mol. The fourth-order valence-corrected chi connectivity index (χ4v) is 2.02. The largest absolute Gasteiger partial charge is 0.272 e. The Kier molecular flexibility index (Phi) is 4.36. The molecule has 0 aliphatic carbocycles. The van der Waals surface area contributed by atoms with Crippen molar-refractivity contribution in [2.75, 3.05) is 0 Å². The first-order valence-corrected chi connectivity index (χ1v) is 6.52. The summed E-state index contributed by atoms with van der Waals surface area (Å²) in [7, 11) is 0. The Hall–Kier alpha value is -2.64. The van der Waals surface area contributed by atoms with Crippen LogP contribution < -0.4 is 0 Å². The van der Waals surface area contributed by atoms with Crippen molar-refractivity contribution in [3.05, 3.63) is 74.3 Å². The number of nitro groups is 1. The Morgan fingerprint density at radius 2 is 1.95 bits per heavy atom. The van der Waals surface area contributed by atoms with E-state index in [-0.39, 0.29) is 5.69 Å². The van der Waals surface area contributed by atoms with Crippen LogP contribution in [0.2, 0.25) is 5.02 Å². The normalized spacial score (nSPS) is 11.0. The lowest BCUT2D eigenvalue weighted by Gasteiger charge is -2.02. The summed E-state index contributed by atoms with van der Waals surface area (Å²) in [5, 5.41) is 20.8. The smallest absolute Gasteiger partial charge is 0.258 e. The zero-order valence-corrected chi connectivity index (χ0v) is 12.0. The molecule has 104 valence electrons. The second-order valence-corrected chi connectivity index (χ2v) is 4.92. The maximum Gasteiger partial charge on any atom is 0.272 e. The molecule has 0 saturated carbocycles. The van der Waals surface area contributed by atoms with E-state index in [1.165, 1.54) is 6.07 Å². The van der Waals surface area contributed by atoms with Crippen molar-refractivity contribution in [1.82, 2.24) is 0 Å². The molecule has 0 bridgehead atoms. The summed E-state index contributed by atoms with van der Waals surface area (Å²) in [4.78, 5) is 10.5. The van der Waals surface area contributed by atoms with Gasteiger partial charge in [0.05, 0.1) is 16.6 Å². The van der Waals surface area contributed by atoms with Crippen LogP contribution in [-0.4, -0.2) is 4.92 Å². The lowest BCUT2D eigenvalue weighted by molar-refractivity contribution is -0.385. The monoisotopic (exact) mass is 298 g/mol. The highest BCUT2D eigenvalue weighted by Gasteiger charge is 2.10. The molecule has 0 aromatic heterocycles. The van der Waals surface area contributed by atoms with Crippen LogP contribution >= 0.6 is 11.6 Å². The lowest BCUT2D eigenvalue weighted by atomic mass is 10.0. The second kappa shape index (κ2) is 6.21. The first-order valence-electron chi connectivity index (χ1n) is 6.14. The van der Waals surface area contributed by atoms with Crippen LogP contribution in [0, 0.1) is 28.4 Å². The van der Waals surface area contributed by atoms with E-state index < -0.39 is 4.92 Å². The van der Waals surface area contributed by atoms with Gasteiger partial charge in [-0.1, -0.05) is 35.9 Å². The van der Waals surface area contributed by atoms with E-state index in [1.54, 1.807) is 49.4 Å². The number of aryl methyl sites for hydroxylation is 1. The molecule has 0 N–H and O–H groups in total. The molecule has 0 saturated heterocycles. The van der Waals surface area contributed by atoms with Gasteiger partial charge in [-0.25, -0.2) is 0 Å². The van der Waals surface area contributed by atoms with Crippen molar-refractivity contribution >= 4 is 28.9 Å². The highest BCUT2D eigenvalue weighted by molar-refractivity contribution is 6.30. The molecule has 21 heavy (non-hydrogen) atoms. The van der Waals surface area contributed by atoms with Crippen LogP contribution in [-0.2, 0) is 0 Å². The summed E-state index contributed by atoms with van der Waals surface area (Å²) in [6.07, 6.45) is 1.62. The van der Waals surface area contributed by atoms with Gasteiger partial charge in [-0.3, -0.25) is 10.1 Å². The average molecular weight is 299 g/mol. The number of nitro benzene ring substituents is 1. The van der Waals surface area contributed by atoms with Crippen molar-refractivity contribution in [3.63, 3.8) is 0 Å². The highest BCUT2D eigenvalue weighted by atomic mass is 35.5. The summed E-state index contributed by atoms with van der Waals surface area (Å²) in [5.74, 6) is 0. The minimum absolute atomic E-state index is 0.0390. The minimum atomic E-state index is -0.430. The average Bonchev–Trinajstić information content (AvgIpc) is 2.47. The molecule has 0 aliphatic heterocycles. The van der Waals surface area contributed by atoms with Gasteiger partial charge in [0.15, 0.2) is 0 Å². The maximum atomic E-state index is 10.9. The van der Waals surface area contributed by atoms with Gasteiger partial charge in [0.25, 0.3) is 5.69 Å². The molecule has 0 aliphatic rings. The first kappa shape index (κ1) is 14.8. The van der Waals surface area contributed by atoms with Gasteiger partial charge in [-0.05, 0) is 36.3 Å². The topological polar surface area (TPSA) is 66.9 Å². The Morgan fingerprint density at radius 1 is 1.29 bits per heavy atom. The molecule has 0 spiro atoms. The number of hydrogen-bond acceptors (Lipinski definition) is 3. The van der Waals surface area contributed by atoms with E-state index in [4.69, 9.17) is 11.6 Å². The standard InChI is InChI=1S/C16H11ClN2O2/c1-11-2-3-12(9-16(11)19(20)21)8-14(10-18)13-4-6-15(17)7-5-13/h2-9H,1H3/b14-8-. The fourth-order valence-electron chi connectivity index (χ4n) is 1.89. The number of nitriles is 1. The van der Waals surface area contributed by atoms with E-state index in [9.17, 15) is 15.4 Å². The van der Waals surface area contributed by atoms with Crippen LogP contribution in [0.1, 0.15) is 16.7 Å². The molecule has 4 nitrogen and oxygen atoms in total. The predicted octanol–water partition coefficient (Wildman–Crippen LogP) is 4.62. The van der Waals surface area contributed by atoms with Crippen LogP contribution in [0.25, 0.3) is 11.6 Å². The number of hydrogen-bond donors (Lipinski definition) is 0. The Balaban J connectivity index is 2.46. The van der Waals surface area contributed by atoms with Crippen LogP contribution in [0.5, 0.6) is 0 Å². The van der Waals surface area contributed by atoms with Gasteiger partial charge < -0.3 is 0 Å². The van der Waals surface area contributed by atoms with E-state index in [1.807, 2.05) is 0 Å². The maximum absolute atomic E-state index is 10.9.